The Bertz CT molecular complexity index is 391. The number of fused-ring (bicyclic) bond motifs is 5. The Morgan fingerprint density at radius 3 is 2.45 bits per heavy atom. The molecule has 0 amide bonds. The van der Waals surface area contributed by atoms with E-state index < -0.39 is 0 Å². The maximum atomic E-state index is 10.8. The van der Waals surface area contributed by atoms with Crippen LogP contribution in [0.25, 0.3) is 0 Å². The number of aliphatic hydroxyl groups excluding tert-OH is 1. The first kappa shape index (κ1) is 13.6. The maximum Gasteiger partial charge on any atom is 0.0576 e. The van der Waals surface area contributed by atoms with Gasteiger partial charge >= 0.3 is 0 Å². The molecular weight excluding hydrogens is 244 g/mol. The molecule has 0 bridgehead atoms. The Balaban J connectivity index is 1.68. The fourth-order valence-corrected chi connectivity index (χ4v) is 7.35. The standard InChI is InChI=1S/C19H32O/c1-18-9-5-7-14(18)13-12-17(20)16-6-3-4-10-19(16,2)15(13)8-11-18/h13-17,20H,3-12H2,1-2H3/t13-,14+,15+,16+,17-,18+,19+/m0/s1. The monoisotopic (exact) mass is 276 g/mol. The highest BCUT2D eigenvalue weighted by molar-refractivity contribution is 5.08. The molecule has 0 saturated heterocycles. The lowest BCUT2D eigenvalue weighted by molar-refractivity contribution is -0.153. The van der Waals surface area contributed by atoms with Gasteiger partial charge in [-0.05, 0) is 79.4 Å². The van der Waals surface area contributed by atoms with Crippen LogP contribution < -0.4 is 0 Å². The van der Waals surface area contributed by atoms with E-state index in [4.69, 9.17) is 0 Å². The molecule has 4 aliphatic rings. The van der Waals surface area contributed by atoms with Crippen LogP contribution in [0.1, 0.15) is 78.1 Å². The van der Waals surface area contributed by atoms with Gasteiger partial charge in [-0.1, -0.05) is 33.1 Å². The molecule has 1 heteroatoms. The fourth-order valence-electron chi connectivity index (χ4n) is 7.35. The van der Waals surface area contributed by atoms with Crippen molar-refractivity contribution >= 4 is 0 Å². The number of aliphatic hydroxyl groups is 1. The van der Waals surface area contributed by atoms with Crippen molar-refractivity contribution in [3.63, 3.8) is 0 Å². The molecule has 0 aliphatic heterocycles. The topological polar surface area (TPSA) is 20.2 Å². The summed E-state index contributed by atoms with van der Waals surface area (Å²) in [6, 6.07) is 0. The van der Waals surface area contributed by atoms with Gasteiger partial charge in [0.25, 0.3) is 0 Å². The van der Waals surface area contributed by atoms with Gasteiger partial charge in [0.15, 0.2) is 0 Å². The molecule has 4 fully saturated rings. The van der Waals surface area contributed by atoms with Gasteiger partial charge in [0.2, 0.25) is 0 Å². The zero-order valence-corrected chi connectivity index (χ0v) is 13.4. The van der Waals surface area contributed by atoms with Gasteiger partial charge in [-0.2, -0.15) is 0 Å². The van der Waals surface area contributed by atoms with Crippen LogP contribution in [-0.4, -0.2) is 11.2 Å². The van der Waals surface area contributed by atoms with Crippen LogP contribution in [0.3, 0.4) is 0 Å². The van der Waals surface area contributed by atoms with E-state index in [1.807, 2.05) is 0 Å². The third-order valence-corrected chi connectivity index (χ3v) is 8.37. The molecule has 0 aromatic rings. The van der Waals surface area contributed by atoms with Crippen LogP contribution >= 0.6 is 0 Å². The second kappa shape index (κ2) is 4.48. The average molecular weight is 276 g/mol. The smallest absolute Gasteiger partial charge is 0.0576 e. The van der Waals surface area contributed by atoms with Crippen molar-refractivity contribution in [2.75, 3.05) is 0 Å². The normalized spacial score (nSPS) is 58.6. The lowest BCUT2D eigenvalue weighted by Crippen LogP contribution is -2.56. The van der Waals surface area contributed by atoms with E-state index in [2.05, 4.69) is 13.8 Å². The second-order valence-electron chi connectivity index (χ2n) is 9.12. The van der Waals surface area contributed by atoms with E-state index in [9.17, 15) is 5.11 Å². The maximum absolute atomic E-state index is 10.8. The van der Waals surface area contributed by atoms with Crippen molar-refractivity contribution < 1.29 is 5.11 Å². The van der Waals surface area contributed by atoms with Gasteiger partial charge in [-0.3, -0.25) is 0 Å². The first-order valence-corrected chi connectivity index (χ1v) is 9.23. The minimum absolute atomic E-state index is 0.00417. The molecule has 7 atom stereocenters. The van der Waals surface area contributed by atoms with Gasteiger partial charge in [-0.25, -0.2) is 0 Å². The van der Waals surface area contributed by atoms with Crippen LogP contribution in [0.4, 0.5) is 0 Å². The van der Waals surface area contributed by atoms with E-state index in [0.29, 0.717) is 16.7 Å². The highest BCUT2D eigenvalue weighted by Gasteiger charge is 2.59. The molecular formula is C19H32O. The summed E-state index contributed by atoms with van der Waals surface area (Å²) in [7, 11) is 0. The molecule has 20 heavy (non-hydrogen) atoms. The molecule has 0 radical (unpaired) electrons. The summed E-state index contributed by atoms with van der Waals surface area (Å²) in [5, 5.41) is 10.8. The Morgan fingerprint density at radius 2 is 1.60 bits per heavy atom. The van der Waals surface area contributed by atoms with Crippen LogP contribution in [-0.2, 0) is 0 Å². The molecule has 1 N–H and O–H groups in total. The van der Waals surface area contributed by atoms with E-state index in [1.165, 1.54) is 57.8 Å². The van der Waals surface area contributed by atoms with Crippen molar-refractivity contribution in [1.82, 2.24) is 0 Å². The quantitative estimate of drug-likeness (QED) is 0.675. The summed E-state index contributed by atoms with van der Waals surface area (Å²) in [6.07, 6.45) is 13.9. The Labute approximate surface area is 124 Å². The Morgan fingerprint density at radius 1 is 0.800 bits per heavy atom. The lowest BCUT2D eigenvalue weighted by Gasteiger charge is -2.61. The van der Waals surface area contributed by atoms with Gasteiger partial charge in [0.1, 0.15) is 0 Å². The number of rotatable bonds is 0. The van der Waals surface area contributed by atoms with E-state index in [1.54, 1.807) is 0 Å². The third-order valence-electron chi connectivity index (χ3n) is 8.37. The summed E-state index contributed by atoms with van der Waals surface area (Å²) >= 11 is 0. The molecule has 4 aliphatic carbocycles. The van der Waals surface area contributed by atoms with Crippen LogP contribution in [0.5, 0.6) is 0 Å². The predicted molar refractivity (Wildman–Crippen MR) is 82.4 cm³/mol. The van der Waals surface area contributed by atoms with Crippen LogP contribution in [0.15, 0.2) is 0 Å². The first-order chi connectivity index (χ1) is 9.55. The van der Waals surface area contributed by atoms with Crippen molar-refractivity contribution in [2.45, 2.75) is 84.2 Å². The summed E-state index contributed by atoms with van der Waals surface area (Å²) in [6.45, 7) is 5.11. The third kappa shape index (κ3) is 1.71. The Kier molecular flexibility index (Phi) is 3.05. The Hall–Kier alpha value is -0.0400. The molecule has 4 saturated carbocycles. The highest BCUT2D eigenvalue weighted by atomic mass is 16.3. The molecule has 4 rings (SSSR count). The molecule has 0 aromatic heterocycles. The molecule has 0 spiro atoms. The number of hydrogen-bond acceptors (Lipinski definition) is 1. The van der Waals surface area contributed by atoms with Crippen LogP contribution in [0, 0.1) is 34.5 Å². The molecule has 0 heterocycles. The summed E-state index contributed by atoms with van der Waals surface area (Å²) in [5.74, 6) is 3.30. The van der Waals surface area contributed by atoms with E-state index in [-0.39, 0.29) is 6.10 Å². The molecule has 114 valence electrons. The summed E-state index contributed by atoms with van der Waals surface area (Å²) < 4.78 is 0. The van der Waals surface area contributed by atoms with Crippen molar-refractivity contribution in [1.29, 1.82) is 0 Å². The predicted octanol–water partition coefficient (Wildman–Crippen LogP) is 4.78. The van der Waals surface area contributed by atoms with Gasteiger partial charge in [0, 0.05) is 0 Å². The lowest BCUT2D eigenvalue weighted by atomic mass is 9.45. The number of hydrogen-bond donors (Lipinski definition) is 1. The second-order valence-corrected chi connectivity index (χ2v) is 9.12. The zero-order chi connectivity index (χ0) is 14.0. The molecule has 0 unspecified atom stereocenters. The van der Waals surface area contributed by atoms with Crippen LogP contribution in [0.2, 0.25) is 0 Å². The van der Waals surface area contributed by atoms with Crippen molar-refractivity contribution in [3.05, 3.63) is 0 Å². The molecule has 0 aromatic carbocycles. The van der Waals surface area contributed by atoms with Gasteiger partial charge in [0.05, 0.1) is 6.10 Å². The minimum Gasteiger partial charge on any atom is -0.393 e. The SMILES string of the molecule is C[C@]12CCC[C@@H]1[C@@H]1C[C@H](O)[C@H]3CCCC[C@]3(C)[C@@H]1CC2. The summed E-state index contributed by atoms with van der Waals surface area (Å²) in [4.78, 5) is 0. The van der Waals surface area contributed by atoms with Crippen molar-refractivity contribution in [2.24, 2.45) is 34.5 Å². The zero-order valence-electron chi connectivity index (χ0n) is 13.4. The fraction of sp³-hybridized carbons (Fsp3) is 1.00. The van der Waals surface area contributed by atoms with Gasteiger partial charge in [-0.15, -0.1) is 0 Å². The highest BCUT2D eigenvalue weighted by Crippen LogP contribution is 2.66. The van der Waals surface area contributed by atoms with Gasteiger partial charge < -0.3 is 5.11 Å². The minimum atomic E-state index is 0.00417. The van der Waals surface area contributed by atoms with Crippen molar-refractivity contribution in [3.8, 4) is 0 Å². The average Bonchev–Trinajstić information content (AvgIpc) is 2.81. The molecule has 1 nitrogen and oxygen atoms in total. The first-order valence-electron chi connectivity index (χ1n) is 9.23. The van der Waals surface area contributed by atoms with E-state index in [0.717, 1.165) is 24.2 Å². The van der Waals surface area contributed by atoms with E-state index >= 15 is 0 Å². The summed E-state index contributed by atoms with van der Waals surface area (Å²) in [5.41, 5.74) is 1.09. The largest absolute Gasteiger partial charge is 0.393 e.